The SMILES string of the molecule is CCOc1cccc(C2CCCN2)c1OC. The van der Waals surface area contributed by atoms with Crippen LogP contribution in [0.3, 0.4) is 0 Å². The van der Waals surface area contributed by atoms with Crippen LogP contribution in [-0.2, 0) is 0 Å². The molecule has 1 saturated heterocycles. The fourth-order valence-electron chi connectivity index (χ4n) is 2.24. The smallest absolute Gasteiger partial charge is 0.165 e. The molecule has 0 spiro atoms. The van der Waals surface area contributed by atoms with Gasteiger partial charge in [0.25, 0.3) is 0 Å². The molecule has 16 heavy (non-hydrogen) atoms. The van der Waals surface area contributed by atoms with Crippen molar-refractivity contribution in [1.29, 1.82) is 0 Å². The molecular formula is C13H19NO2. The first-order valence-electron chi connectivity index (χ1n) is 5.90. The number of hydrogen-bond donors (Lipinski definition) is 1. The van der Waals surface area contributed by atoms with Crippen molar-refractivity contribution >= 4 is 0 Å². The molecule has 1 fully saturated rings. The average molecular weight is 221 g/mol. The van der Waals surface area contributed by atoms with Crippen LogP contribution in [0, 0.1) is 0 Å². The van der Waals surface area contributed by atoms with Crippen molar-refractivity contribution < 1.29 is 9.47 Å². The quantitative estimate of drug-likeness (QED) is 0.847. The van der Waals surface area contributed by atoms with Gasteiger partial charge in [-0.3, -0.25) is 0 Å². The van der Waals surface area contributed by atoms with E-state index in [1.807, 2.05) is 19.1 Å². The summed E-state index contributed by atoms with van der Waals surface area (Å²) < 4.78 is 11.1. The minimum atomic E-state index is 0.412. The average Bonchev–Trinajstić information content (AvgIpc) is 2.82. The Kier molecular flexibility index (Phi) is 3.67. The summed E-state index contributed by atoms with van der Waals surface area (Å²) in [6.45, 7) is 3.74. The highest BCUT2D eigenvalue weighted by atomic mass is 16.5. The Hall–Kier alpha value is -1.22. The maximum atomic E-state index is 5.58. The molecule has 3 nitrogen and oxygen atoms in total. The molecule has 1 unspecified atom stereocenters. The molecular weight excluding hydrogens is 202 g/mol. The molecule has 0 radical (unpaired) electrons. The van der Waals surface area contributed by atoms with Crippen LogP contribution in [0.5, 0.6) is 11.5 Å². The number of hydrogen-bond acceptors (Lipinski definition) is 3. The van der Waals surface area contributed by atoms with E-state index in [9.17, 15) is 0 Å². The van der Waals surface area contributed by atoms with E-state index in [1.54, 1.807) is 7.11 Å². The number of ether oxygens (including phenoxy) is 2. The fraction of sp³-hybridized carbons (Fsp3) is 0.538. The Labute approximate surface area is 96.8 Å². The van der Waals surface area contributed by atoms with E-state index < -0.39 is 0 Å². The van der Waals surface area contributed by atoms with Gasteiger partial charge in [0.05, 0.1) is 13.7 Å². The Morgan fingerprint density at radius 1 is 1.44 bits per heavy atom. The minimum absolute atomic E-state index is 0.412. The molecule has 0 amide bonds. The van der Waals surface area contributed by atoms with Gasteiger partial charge in [0.1, 0.15) is 0 Å². The molecule has 1 aliphatic rings. The van der Waals surface area contributed by atoms with Gasteiger partial charge in [-0.2, -0.15) is 0 Å². The van der Waals surface area contributed by atoms with Gasteiger partial charge in [-0.15, -0.1) is 0 Å². The first-order valence-corrected chi connectivity index (χ1v) is 5.90. The lowest BCUT2D eigenvalue weighted by Gasteiger charge is -2.17. The summed E-state index contributed by atoms with van der Waals surface area (Å²) in [5, 5.41) is 3.48. The molecule has 1 N–H and O–H groups in total. The summed E-state index contributed by atoms with van der Waals surface area (Å²) in [7, 11) is 1.70. The second-order valence-electron chi connectivity index (χ2n) is 3.96. The van der Waals surface area contributed by atoms with Crippen LogP contribution in [0.25, 0.3) is 0 Å². The molecule has 88 valence electrons. The van der Waals surface area contributed by atoms with Crippen LogP contribution in [0.2, 0.25) is 0 Å². The highest BCUT2D eigenvalue weighted by Crippen LogP contribution is 2.37. The molecule has 2 rings (SSSR count). The Balaban J connectivity index is 2.31. The van der Waals surface area contributed by atoms with Crippen LogP contribution in [-0.4, -0.2) is 20.3 Å². The van der Waals surface area contributed by atoms with Gasteiger partial charge in [-0.25, -0.2) is 0 Å². The zero-order chi connectivity index (χ0) is 11.4. The first kappa shape index (κ1) is 11.3. The highest BCUT2D eigenvalue weighted by molar-refractivity contribution is 5.48. The van der Waals surface area contributed by atoms with Crippen LogP contribution in [0.4, 0.5) is 0 Å². The Bertz CT molecular complexity index is 346. The predicted molar refractivity (Wildman–Crippen MR) is 64.1 cm³/mol. The van der Waals surface area contributed by atoms with Crippen molar-refractivity contribution in [2.24, 2.45) is 0 Å². The van der Waals surface area contributed by atoms with Gasteiger partial charge >= 0.3 is 0 Å². The molecule has 0 saturated carbocycles. The number of para-hydroxylation sites is 1. The molecule has 0 bridgehead atoms. The molecule has 1 atom stereocenters. The second kappa shape index (κ2) is 5.21. The molecule has 3 heteroatoms. The van der Waals surface area contributed by atoms with E-state index in [2.05, 4.69) is 11.4 Å². The van der Waals surface area contributed by atoms with E-state index in [1.165, 1.54) is 18.4 Å². The number of benzene rings is 1. The molecule has 1 heterocycles. The summed E-state index contributed by atoms with van der Waals surface area (Å²) in [5.41, 5.74) is 1.21. The van der Waals surface area contributed by atoms with Crippen LogP contribution >= 0.6 is 0 Å². The molecule has 0 aliphatic carbocycles. The lowest BCUT2D eigenvalue weighted by Crippen LogP contribution is -2.14. The molecule has 1 aromatic rings. The van der Waals surface area contributed by atoms with Crippen LogP contribution in [0.15, 0.2) is 18.2 Å². The molecule has 1 aromatic carbocycles. The van der Waals surface area contributed by atoms with Crippen molar-refractivity contribution in [1.82, 2.24) is 5.32 Å². The summed E-state index contributed by atoms with van der Waals surface area (Å²) in [6.07, 6.45) is 2.40. The van der Waals surface area contributed by atoms with Crippen LogP contribution < -0.4 is 14.8 Å². The fourth-order valence-corrected chi connectivity index (χ4v) is 2.24. The topological polar surface area (TPSA) is 30.5 Å². The third-order valence-electron chi connectivity index (χ3n) is 2.95. The van der Waals surface area contributed by atoms with Crippen molar-refractivity contribution in [2.45, 2.75) is 25.8 Å². The van der Waals surface area contributed by atoms with Gasteiger partial charge in [-0.1, -0.05) is 12.1 Å². The van der Waals surface area contributed by atoms with E-state index >= 15 is 0 Å². The lowest BCUT2D eigenvalue weighted by atomic mass is 10.0. The van der Waals surface area contributed by atoms with E-state index in [-0.39, 0.29) is 0 Å². The van der Waals surface area contributed by atoms with E-state index in [0.29, 0.717) is 12.6 Å². The van der Waals surface area contributed by atoms with Gasteiger partial charge in [0.2, 0.25) is 0 Å². The zero-order valence-electron chi connectivity index (χ0n) is 9.95. The maximum Gasteiger partial charge on any atom is 0.165 e. The Morgan fingerprint density at radius 2 is 2.31 bits per heavy atom. The number of methoxy groups -OCH3 is 1. The van der Waals surface area contributed by atoms with E-state index in [0.717, 1.165) is 18.0 Å². The lowest BCUT2D eigenvalue weighted by molar-refractivity contribution is 0.307. The molecule has 0 aromatic heterocycles. The first-order chi connectivity index (χ1) is 7.86. The third-order valence-corrected chi connectivity index (χ3v) is 2.95. The third kappa shape index (κ3) is 2.14. The summed E-state index contributed by atoms with van der Waals surface area (Å²) in [4.78, 5) is 0. The summed E-state index contributed by atoms with van der Waals surface area (Å²) in [6, 6.07) is 6.52. The van der Waals surface area contributed by atoms with Gasteiger partial charge in [0.15, 0.2) is 11.5 Å². The van der Waals surface area contributed by atoms with Gasteiger partial charge < -0.3 is 14.8 Å². The van der Waals surface area contributed by atoms with Crippen molar-refractivity contribution in [2.75, 3.05) is 20.3 Å². The van der Waals surface area contributed by atoms with Crippen molar-refractivity contribution in [3.63, 3.8) is 0 Å². The molecule has 1 aliphatic heterocycles. The van der Waals surface area contributed by atoms with E-state index in [4.69, 9.17) is 9.47 Å². The summed E-state index contributed by atoms with van der Waals surface area (Å²) >= 11 is 0. The van der Waals surface area contributed by atoms with Gasteiger partial charge in [0, 0.05) is 11.6 Å². The van der Waals surface area contributed by atoms with Crippen molar-refractivity contribution in [3.8, 4) is 11.5 Å². The predicted octanol–water partition coefficient (Wildman–Crippen LogP) is 2.52. The second-order valence-corrected chi connectivity index (χ2v) is 3.96. The monoisotopic (exact) mass is 221 g/mol. The standard InChI is InChI=1S/C13H19NO2/c1-3-16-12-8-4-6-10(13(12)15-2)11-7-5-9-14-11/h4,6,8,11,14H,3,5,7,9H2,1-2H3. The normalized spacial score (nSPS) is 19.8. The van der Waals surface area contributed by atoms with Crippen LogP contribution in [0.1, 0.15) is 31.4 Å². The highest BCUT2D eigenvalue weighted by Gasteiger charge is 2.21. The maximum absolute atomic E-state index is 5.58. The van der Waals surface area contributed by atoms with Crippen molar-refractivity contribution in [3.05, 3.63) is 23.8 Å². The number of nitrogens with one attached hydrogen (secondary N) is 1. The summed E-state index contributed by atoms with van der Waals surface area (Å²) in [5.74, 6) is 1.72. The minimum Gasteiger partial charge on any atom is -0.493 e. The largest absolute Gasteiger partial charge is 0.493 e. The van der Waals surface area contributed by atoms with Gasteiger partial charge in [-0.05, 0) is 32.4 Å². The Morgan fingerprint density at radius 3 is 2.94 bits per heavy atom. The zero-order valence-corrected chi connectivity index (χ0v) is 9.95. The number of rotatable bonds is 4.